The smallest absolute Gasteiger partial charge is 0.253 e. The van der Waals surface area contributed by atoms with Gasteiger partial charge in [-0.3, -0.25) is 14.3 Å². The van der Waals surface area contributed by atoms with Gasteiger partial charge in [0.2, 0.25) is 5.95 Å². The normalized spacial score (nSPS) is 14.7. The van der Waals surface area contributed by atoms with Gasteiger partial charge in [-0.15, -0.1) is 4.80 Å². The summed E-state index contributed by atoms with van der Waals surface area (Å²) in [5.41, 5.74) is 9.44. The Bertz CT molecular complexity index is 1380. The Morgan fingerprint density at radius 3 is 2.68 bits per heavy atom. The number of pyridine rings is 2. The molecule has 0 fully saturated rings. The summed E-state index contributed by atoms with van der Waals surface area (Å²) in [5.74, 6) is 6.81. The van der Waals surface area contributed by atoms with E-state index in [4.69, 9.17) is 10.8 Å². The van der Waals surface area contributed by atoms with E-state index < -0.39 is 0 Å². The zero-order chi connectivity index (χ0) is 21.4. The second-order valence-electron chi connectivity index (χ2n) is 7.28. The molecule has 2 N–H and O–H groups in total. The highest BCUT2D eigenvalue weighted by Crippen LogP contribution is 2.35. The number of nitrogen functional groups attached to an aromatic ring is 1. The minimum absolute atomic E-state index is 0.156. The molecule has 0 bridgehead atoms. The number of hydrogen-bond donors (Lipinski definition) is 1. The first-order valence-electron chi connectivity index (χ1n) is 9.75. The van der Waals surface area contributed by atoms with Crippen LogP contribution in [0.2, 0.25) is 0 Å². The topological polar surface area (TPSA) is 117 Å². The van der Waals surface area contributed by atoms with Crippen molar-refractivity contribution in [3.05, 3.63) is 87.5 Å². The summed E-state index contributed by atoms with van der Waals surface area (Å²) in [6.07, 6.45) is 8.48. The molecule has 4 aromatic rings. The number of fused-ring (bicyclic) bond motifs is 1. The highest BCUT2D eigenvalue weighted by Gasteiger charge is 2.29. The van der Waals surface area contributed by atoms with Crippen LogP contribution in [0.5, 0.6) is 0 Å². The van der Waals surface area contributed by atoms with E-state index in [9.17, 15) is 4.79 Å². The Morgan fingerprint density at radius 2 is 1.90 bits per heavy atom. The molecule has 1 aliphatic rings. The van der Waals surface area contributed by atoms with Gasteiger partial charge in [0, 0.05) is 49.4 Å². The molecule has 152 valence electrons. The molecule has 9 heteroatoms. The van der Waals surface area contributed by atoms with E-state index in [0.717, 1.165) is 29.8 Å². The maximum absolute atomic E-state index is 12.5. The molecule has 0 saturated heterocycles. The van der Waals surface area contributed by atoms with E-state index in [1.54, 1.807) is 19.3 Å². The molecule has 0 amide bonds. The Hall–Kier alpha value is -4.32. The highest BCUT2D eigenvalue weighted by molar-refractivity contribution is 5.44. The molecule has 0 aliphatic heterocycles. The molecule has 0 spiro atoms. The fourth-order valence-electron chi connectivity index (χ4n) is 3.65. The van der Waals surface area contributed by atoms with E-state index in [-0.39, 0.29) is 17.4 Å². The number of nitrogens with zero attached hydrogens (tertiary/aromatic N) is 7. The van der Waals surface area contributed by atoms with Gasteiger partial charge < -0.3 is 5.73 Å². The molecule has 1 aliphatic carbocycles. The number of rotatable bonds is 2. The predicted octanol–water partition coefficient (Wildman–Crippen LogP) is 1.21. The van der Waals surface area contributed by atoms with Crippen LogP contribution in [-0.4, -0.2) is 34.5 Å². The second kappa shape index (κ2) is 7.50. The number of hydrogen-bond acceptors (Lipinski definition) is 7. The van der Waals surface area contributed by atoms with Crippen molar-refractivity contribution in [3.63, 3.8) is 0 Å². The molecule has 1 atom stereocenters. The van der Waals surface area contributed by atoms with Crippen LogP contribution < -0.4 is 11.3 Å². The van der Waals surface area contributed by atoms with Crippen molar-refractivity contribution in [3.8, 4) is 17.7 Å². The first-order chi connectivity index (χ1) is 15.1. The van der Waals surface area contributed by atoms with Gasteiger partial charge in [0.15, 0.2) is 5.82 Å². The summed E-state index contributed by atoms with van der Waals surface area (Å²) in [7, 11) is 1.69. The van der Waals surface area contributed by atoms with Crippen molar-refractivity contribution < 1.29 is 0 Å². The van der Waals surface area contributed by atoms with Crippen LogP contribution in [0.25, 0.3) is 5.82 Å². The van der Waals surface area contributed by atoms with Crippen LogP contribution in [0.15, 0.2) is 53.8 Å². The van der Waals surface area contributed by atoms with Crippen molar-refractivity contribution >= 4 is 5.95 Å². The summed E-state index contributed by atoms with van der Waals surface area (Å²) < 4.78 is 1.51. The average molecular weight is 410 g/mol. The lowest BCUT2D eigenvalue weighted by Gasteiger charge is -2.10. The molecule has 0 radical (unpaired) electrons. The predicted molar refractivity (Wildman–Crippen MR) is 113 cm³/mol. The van der Waals surface area contributed by atoms with Crippen LogP contribution in [0, 0.1) is 11.8 Å². The first kappa shape index (κ1) is 18.7. The third-order valence-electron chi connectivity index (χ3n) is 5.27. The molecular weight excluding hydrogens is 392 g/mol. The average Bonchev–Trinajstić information content (AvgIpc) is 3.37. The Kier molecular flexibility index (Phi) is 4.52. The molecule has 31 heavy (non-hydrogen) atoms. The summed E-state index contributed by atoms with van der Waals surface area (Å²) in [4.78, 5) is 26.1. The van der Waals surface area contributed by atoms with E-state index in [2.05, 4.69) is 38.0 Å². The third-order valence-corrected chi connectivity index (χ3v) is 5.27. The summed E-state index contributed by atoms with van der Waals surface area (Å²) >= 11 is 0. The third kappa shape index (κ3) is 3.55. The van der Waals surface area contributed by atoms with Crippen molar-refractivity contribution in [2.75, 3.05) is 5.73 Å². The largest absolute Gasteiger partial charge is 0.368 e. The lowest BCUT2D eigenvalue weighted by Crippen LogP contribution is -2.22. The fourth-order valence-corrected chi connectivity index (χ4v) is 3.65. The van der Waals surface area contributed by atoms with Crippen LogP contribution in [0.4, 0.5) is 5.95 Å². The van der Waals surface area contributed by atoms with E-state index >= 15 is 0 Å². The maximum atomic E-state index is 12.5. The first-order valence-corrected chi connectivity index (χ1v) is 9.75. The van der Waals surface area contributed by atoms with Gasteiger partial charge in [-0.25, -0.2) is 9.97 Å². The van der Waals surface area contributed by atoms with Gasteiger partial charge in [0.05, 0.1) is 17.0 Å². The number of aromatic nitrogens is 7. The fraction of sp³-hybridized carbons (Fsp3) is 0.182. The van der Waals surface area contributed by atoms with Gasteiger partial charge in [-0.2, -0.15) is 10.2 Å². The van der Waals surface area contributed by atoms with Gasteiger partial charge in [0.1, 0.15) is 0 Å². The maximum Gasteiger partial charge on any atom is 0.253 e. The van der Waals surface area contributed by atoms with Gasteiger partial charge in [-0.1, -0.05) is 17.9 Å². The van der Waals surface area contributed by atoms with Crippen LogP contribution in [0.3, 0.4) is 0 Å². The molecule has 1 unspecified atom stereocenters. The molecular formula is C22H18N8O. The monoisotopic (exact) mass is 410 g/mol. The second-order valence-corrected chi connectivity index (χ2v) is 7.28. The Balaban J connectivity index is 1.52. The van der Waals surface area contributed by atoms with Crippen molar-refractivity contribution in [2.24, 2.45) is 7.05 Å². The van der Waals surface area contributed by atoms with Crippen molar-refractivity contribution in [1.29, 1.82) is 0 Å². The molecule has 4 aromatic heterocycles. The van der Waals surface area contributed by atoms with E-state index in [1.165, 1.54) is 27.8 Å². The van der Waals surface area contributed by atoms with E-state index in [1.807, 2.05) is 12.3 Å². The molecule has 5 rings (SSSR count). The van der Waals surface area contributed by atoms with Crippen LogP contribution in [-0.2, 0) is 13.5 Å². The number of aryl methyl sites for hydroxylation is 1. The number of nitrogens with two attached hydrogens (primary N) is 1. The summed E-state index contributed by atoms with van der Waals surface area (Å²) in [6, 6.07) is 7.25. The van der Waals surface area contributed by atoms with E-state index in [0.29, 0.717) is 16.9 Å². The summed E-state index contributed by atoms with van der Waals surface area (Å²) in [6.45, 7) is 0. The summed E-state index contributed by atoms with van der Waals surface area (Å²) in [5, 5.41) is 9.38. The number of anilines is 1. The Labute approximate surface area is 177 Å². The minimum Gasteiger partial charge on any atom is -0.368 e. The zero-order valence-corrected chi connectivity index (χ0v) is 16.7. The van der Waals surface area contributed by atoms with Crippen molar-refractivity contribution in [1.82, 2.24) is 34.5 Å². The van der Waals surface area contributed by atoms with Gasteiger partial charge >= 0.3 is 0 Å². The standard InChI is InChI=1S/C22H18N8O/c1-29-19(9-14(10-20(29)31)4-5-15-11-25-22(23)26-12-15)30-27-18-7-6-17(21(18)28-30)16-3-2-8-24-13-16/h2-3,8-13,17H,6-7H2,1H3,(H2,23,25,26). The molecule has 4 heterocycles. The van der Waals surface area contributed by atoms with Crippen LogP contribution >= 0.6 is 0 Å². The lowest BCUT2D eigenvalue weighted by molar-refractivity contribution is 0.630. The SMILES string of the molecule is Cn1c(-n2nc3c(n2)C(c2cccnc2)CC3)cc(C#Cc2cnc(N)nc2)cc1=O. The highest BCUT2D eigenvalue weighted by atomic mass is 16.1. The quantitative estimate of drug-likeness (QED) is 0.494. The Morgan fingerprint density at radius 1 is 1.10 bits per heavy atom. The van der Waals surface area contributed by atoms with Crippen LogP contribution in [0.1, 0.15) is 40.4 Å². The minimum atomic E-state index is -0.198. The molecule has 0 saturated carbocycles. The van der Waals surface area contributed by atoms with Gasteiger partial charge in [0.25, 0.3) is 5.56 Å². The zero-order valence-electron chi connectivity index (χ0n) is 16.7. The molecule has 0 aromatic carbocycles. The van der Waals surface area contributed by atoms with Crippen molar-refractivity contribution in [2.45, 2.75) is 18.8 Å². The molecule has 9 nitrogen and oxygen atoms in total. The lowest BCUT2D eigenvalue weighted by atomic mass is 9.99. The van der Waals surface area contributed by atoms with Gasteiger partial charge in [-0.05, 0) is 30.5 Å².